The standard InChI is InChI=1S/C20H20ClF3N4O3/c1-27(9-17-25-14-5-3-4-13(19(14)26-17)20(22,23)24)18(30)10-28(11-29)15-8-12(21)6-7-16(15)31-2/h3-5,8,11H,6-7,9-10H2,1-2H3,(H,25,26). The van der Waals surface area contributed by atoms with E-state index in [2.05, 4.69) is 9.97 Å². The Kier molecular flexibility index (Phi) is 6.59. The average Bonchev–Trinajstić information content (AvgIpc) is 3.13. The number of aromatic nitrogens is 2. The fraction of sp³-hybridized carbons (Fsp3) is 0.350. The van der Waals surface area contributed by atoms with E-state index in [9.17, 15) is 22.8 Å². The van der Waals surface area contributed by atoms with E-state index in [1.165, 1.54) is 36.1 Å². The topological polar surface area (TPSA) is 78.5 Å². The number of imidazole rings is 1. The Bertz CT molecular complexity index is 1060. The Morgan fingerprint density at radius 1 is 1.35 bits per heavy atom. The number of hydrogen-bond acceptors (Lipinski definition) is 4. The molecule has 1 heterocycles. The van der Waals surface area contributed by atoms with Gasteiger partial charge in [-0.2, -0.15) is 13.2 Å². The van der Waals surface area contributed by atoms with Crippen LogP contribution in [0.1, 0.15) is 24.2 Å². The molecule has 7 nitrogen and oxygen atoms in total. The number of para-hydroxylation sites is 1. The second-order valence-corrected chi connectivity index (χ2v) is 7.46. The van der Waals surface area contributed by atoms with Crippen molar-refractivity contribution in [1.82, 2.24) is 19.8 Å². The number of benzene rings is 1. The number of allylic oxidation sites excluding steroid dienone is 3. The number of nitrogens with zero attached hydrogens (tertiary/aromatic N) is 3. The molecule has 0 unspecified atom stereocenters. The Hall–Kier alpha value is -3.01. The predicted molar refractivity (Wildman–Crippen MR) is 108 cm³/mol. The molecular weight excluding hydrogens is 437 g/mol. The first-order chi connectivity index (χ1) is 14.6. The van der Waals surface area contributed by atoms with Crippen LogP contribution in [-0.4, -0.2) is 52.8 Å². The lowest BCUT2D eigenvalue weighted by molar-refractivity contribution is -0.136. The summed E-state index contributed by atoms with van der Waals surface area (Å²) in [4.78, 5) is 33.5. The number of hydrogen-bond donors (Lipinski definition) is 1. The SMILES string of the molecule is COC1=C(N(C=O)CC(=O)N(C)Cc2nc3c(C(F)(F)F)cccc3[nH]2)C=C(Cl)CC1. The van der Waals surface area contributed by atoms with Gasteiger partial charge in [0.15, 0.2) is 0 Å². The van der Waals surface area contributed by atoms with E-state index in [4.69, 9.17) is 16.3 Å². The van der Waals surface area contributed by atoms with Gasteiger partial charge in [-0.15, -0.1) is 0 Å². The van der Waals surface area contributed by atoms with Crippen molar-refractivity contribution in [1.29, 1.82) is 0 Å². The van der Waals surface area contributed by atoms with Gasteiger partial charge in [0.05, 0.1) is 30.4 Å². The summed E-state index contributed by atoms with van der Waals surface area (Å²) in [5.74, 6) is 0.281. The molecule has 0 spiro atoms. The summed E-state index contributed by atoms with van der Waals surface area (Å²) in [6.45, 7) is -0.360. The van der Waals surface area contributed by atoms with Crippen LogP contribution in [-0.2, 0) is 27.0 Å². The first kappa shape index (κ1) is 22.7. The third-order valence-electron chi connectivity index (χ3n) is 4.84. The second kappa shape index (κ2) is 9.01. The van der Waals surface area contributed by atoms with Crippen LogP contribution in [0.15, 0.2) is 40.8 Å². The van der Waals surface area contributed by atoms with E-state index in [1.54, 1.807) is 6.08 Å². The molecule has 0 fully saturated rings. The lowest BCUT2D eigenvalue weighted by Crippen LogP contribution is -2.37. The number of carbonyl (C=O) groups excluding carboxylic acids is 2. The van der Waals surface area contributed by atoms with Crippen molar-refractivity contribution < 1.29 is 27.5 Å². The summed E-state index contributed by atoms with van der Waals surface area (Å²) in [5, 5.41) is 0.534. The highest BCUT2D eigenvalue weighted by Gasteiger charge is 2.33. The molecule has 3 rings (SSSR count). The molecule has 0 radical (unpaired) electrons. The van der Waals surface area contributed by atoms with Crippen LogP contribution in [0.5, 0.6) is 0 Å². The summed E-state index contributed by atoms with van der Waals surface area (Å²) in [6, 6.07) is 3.72. The highest BCUT2D eigenvalue weighted by atomic mass is 35.5. The van der Waals surface area contributed by atoms with E-state index in [1.807, 2.05) is 0 Å². The van der Waals surface area contributed by atoms with E-state index in [-0.39, 0.29) is 29.9 Å². The molecule has 0 saturated carbocycles. The van der Waals surface area contributed by atoms with Crippen LogP contribution in [0.3, 0.4) is 0 Å². The Labute approximate surface area is 181 Å². The van der Waals surface area contributed by atoms with Crippen molar-refractivity contribution in [3.63, 3.8) is 0 Å². The van der Waals surface area contributed by atoms with Crippen molar-refractivity contribution in [2.24, 2.45) is 0 Å². The van der Waals surface area contributed by atoms with E-state index >= 15 is 0 Å². The predicted octanol–water partition coefficient (Wildman–Crippen LogP) is 3.77. The molecule has 2 amide bonds. The number of fused-ring (bicyclic) bond motifs is 1. The number of aromatic amines is 1. The van der Waals surface area contributed by atoms with E-state index in [0.717, 1.165) is 6.07 Å². The van der Waals surface area contributed by atoms with Crippen molar-refractivity contribution >= 4 is 35.0 Å². The van der Waals surface area contributed by atoms with Gasteiger partial charge in [-0.3, -0.25) is 9.59 Å². The van der Waals surface area contributed by atoms with Gasteiger partial charge >= 0.3 is 6.18 Å². The van der Waals surface area contributed by atoms with Gasteiger partial charge in [0.25, 0.3) is 0 Å². The monoisotopic (exact) mass is 456 g/mol. The number of H-pyrrole nitrogens is 1. The number of amides is 2. The Morgan fingerprint density at radius 3 is 2.74 bits per heavy atom. The third-order valence-corrected chi connectivity index (χ3v) is 5.14. The molecule has 11 heteroatoms. The molecular formula is C20H20ClF3N4O3. The quantitative estimate of drug-likeness (QED) is 0.643. The first-order valence-electron chi connectivity index (χ1n) is 9.28. The zero-order valence-electron chi connectivity index (χ0n) is 16.8. The fourth-order valence-electron chi connectivity index (χ4n) is 3.26. The molecule has 1 aliphatic rings. The summed E-state index contributed by atoms with van der Waals surface area (Å²) < 4.78 is 44.8. The highest BCUT2D eigenvalue weighted by molar-refractivity contribution is 6.29. The average molecular weight is 457 g/mol. The minimum absolute atomic E-state index is 0.0652. The van der Waals surface area contributed by atoms with Gasteiger partial charge in [0.1, 0.15) is 23.6 Å². The molecule has 1 aromatic carbocycles. The molecule has 31 heavy (non-hydrogen) atoms. The van der Waals surface area contributed by atoms with Crippen molar-refractivity contribution in [2.45, 2.75) is 25.6 Å². The van der Waals surface area contributed by atoms with Gasteiger partial charge in [0, 0.05) is 18.5 Å². The zero-order chi connectivity index (χ0) is 22.8. The second-order valence-electron chi connectivity index (χ2n) is 6.97. The Balaban J connectivity index is 1.76. The minimum atomic E-state index is -4.54. The maximum absolute atomic E-state index is 13.2. The highest BCUT2D eigenvalue weighted by Crippen LogP contribution is 2.34. The van der Waals surface area contributed by atoms with Gasteiger partial charge in [-0.05, 0) is 24.6 Å². The number of carbonyl (C=O) groups is 2. The lowest BCUT2D eigenvalue weighted by Gasteiger charge is -2.26. The molecule has 2 aromatic rings. The maximum atomic E-state index is 13.2. The van der Waals surface area contributed by atoms with Crippen molar-refractivity contribution in [3.05, 3.63) is 52.2 Å². The van der Waals surface area contributed by atoms with Crippen LogP contribution in [0.4, 0.5) is 13.2 Å². The van der Waals surface area contributed by atoms with Gasteiger partial charge in [-0.25, -0.2) is 4.98 Å². The third kappa shape index (κ3) is 5.01. The number of rotatable bonds is 7. The normalized spacial score (nSPS) is 14.5. The molecule has 0 atom stereocenters. The smallest absolute Gasteiger partial charge is 0.418 e. The van der Waals surface area contributed by atoms with Crippen LogP contribution in [0, 0.1) is 0 Å². The van der Waals surface area contributed by atoms with E-state index in [0.29, 0.717) is 35.7 Å². The molecule has 0 saturated heterocycles. The van der Waals surface area contributed by atoms with Gasteiger partial charge in [0.2, 0.25) is 12.3 Å². The number of nitrogens with one attached hydrogen (secondary N) is 1. The Morgan fingerprint density at radius 2 is 2.10 bits per heavy atom. The summed E-state index contributed by atoms with van der Waals surface area (Å²) in [6.07, 6.45) is -1.40. The van der Waals surface area contributed by atoms with Crippen LogP contribution >= 0.6 is 11.6 Å². The summed E-state index contributed by atoms with van der Waals surface area (Å²) in [7, 11) is 2.94. The number of ether oxygens (including phenoxy) is 1. The molecule has 1 aliphatic carbocycles. The van der Waals surface area contributed by atoms with Crippen LogP contribution < -0.4 is 0 Å². The fourth-order valence-corrected chi connectivity index (χ4v) is 3.45. The molecule has 166 valence electrons. The molecule has 1 N–H and O–H groups in total. The summed E-state index contributed by atoms with van der Waals surface area (Å²) in [5.41, 5.74) is -0.447. The minimum Gasteiger partial charge on any atom is -0.499 e. The van der Waals surface area contributed by atoms with Crippen molar-refractivity contribution in [3.8, 4) is 0 Å². The molecule has 1 aromatic heterocycles. The van der Waals surface area contributed by atoms with Gasteiger partial charge < -0.3 is 19.5 Å². The number of halogens is 4. The lowest BCUT2D eigenvalue weighted by atomic mass is 10.1. The number of methoxy groups -OCH3 is 1. The molecule has 0 aliphatic heterocycles. The van der Waals surface area contributed by atoms with Crippen LogP contribution in [0.2, 0.25) is 0 Å². The maximum Gasteiger partial charge on any atom is 0.418 e. The first-order valence-corrected chi connectivity index (χ1v) is 9.65. The summed E-state index contributed by atoms with van der Waals surface area (Å²) >= 11 is 6.07. The zero-order valence-corrected chi connectivity index (χ0v) is 17.5. The number of alkyl halides is 3. The largest absolute Gasteiger partial charge is 0.499 e. The van der Waals surface area contributed by atoms with Crippen LogP contribution in [0.25, 0.3) is 11.0 Å². The number of likely N-dealkylation sites (N-methyl/N-ethyl adjacent to an activating group) is 1. The van der Waals surface area contributed by atoms with Gasteiger partial charge in [-0.1, -0.05) is 17.7 Å². The molecule has 0 bridgehead atoms. The van der Waals surface area contributed by atoms with Crippen molar-refractivity contribution in [2.75, 3.05) is 20.7 Å². The van der Waals surface area contributed by atoms with E-state index < -0.39 is 17.6 Å².